The Morgan fingerprint density at radius 1 is 1.33 bits per heavy atom. The van der Waals surface area contributed by atoms with E-state index in [9.17, 15) is 0 Å². The van der Waals surface area contributed by atoms with Crippen molar-refractivity contribution >= 4 is 5.69 Å². The second-order valence-electron chi connectivity index (χ2n) is 3.54. The average Bonchev–Trinajstić information content (AvgIpc) is 2.14. The summed E-state index contributed by atoms with van der Waals surface area (Å²) in [4.78, 5) is 3.98. The lowest BCUT2D eigenvalue weighted by Crippen LogP contribution is -2.36. The Bertz CT molecular complexity index is 245. The van der Waals surface area contributed by atoms with Crippen molar-refractivity contribution in [2.45, 2.75) is 25.8 Å². The van der Waals surface area contributed by atoms with Crippen LogP contribution in [0.2, 0.25) is 0 Å². The Balaban J connectivity index is 1.95. The molecule has 1 saturated carbocycles. The minimum Gasteiger partial charge on any atom is -0.382 e. The van der Waals surface area contributed by atoms with Gasteiger partial charge in [0, 0.05) is 24.1 Å². The van der Waals surface area contributed by atoms with Crippen molar-refractivity contribution in [3.8, 4) is 0 Å². The molecule has 2 rings (SSSR count). The quantitative estimate of drug-likeness (QED) is 0.721. The van der Waals surface area contributed by atoms with E-state index in [1.807, 2.05) is 24.5 Å². The summed E-state index contributed by atoms with van der Waals surface area (Å²) in [5, 5.41) is 3.49. The third-order valence-electron chi connectivity index (χ3n) is 2.65. The fourth-order valence-electron chi connectivity index (χ4n) is 1.54. The number of nitrogens with zero attached hydrogens (tertiary/aromatic N) is 1. The SMILES string of the molecule is CC1CCC1Nc1ccncc1. The number of anilines is 1. The topological polar surface area (TPSA) is 24.9 Å². The number of rotatable bonds is 2. The van der Waals surface area contributed by atoms with Crippen LogP contribution in [0.25, 0.3) is 0 Å². The lowest BCUT2D eigenvalue weighted by molar-refractivity contribution is 0.303. The maximum Gasteiger partial charge on any atom is 0.0373 e. The molecule has 0 radical (unpaired) electrons. The third kappa shape index (κ3) is 1.42. The first kappa shape index (κ1) is 7.59. The lowest BCUT2D eigenvalue weighted by atomic mass is 9.81. The van der Waals surface area contributed by atoms with Gasteiger partial charge in [0.1, 0.15) is 0 Å². The standard InChI is InChI=1S/C10H14N2/c1-8-2-3-10(8)12-9-4-6-11-7-5-9/h4-8,10H,2-3H2,1H3,(H,11,12). The number of aromatic nitrogens is 1. The largest absolute Gasteiger partial charge is 0.382 e. The van der Waals surface area contributed by atoms with Crippen LogP contribution in [0.1, 0.15) is 19.8 Å². The van der Waals surface area contributed by atoms with Crippen molar-refractivity contribution in [1.82, 2.24) is 4.98 Å². The molecule has 64 valence electrons. The molecule has 2 atom stereocenters. The van der Waals surface area contributed by atoms with E-state index in [-0.39, 0.29) is 0 Å². The summed E-state index contributed by atoms with van der Waals surface area (Å²) in [6.07, 6.45) is 6.32. The molecule has 1 N–H and O–H groups in total. The van der Waals surface area contributed by atoms with Gasteiger partial charge in [-0.25, -0.2) is 0 Å². The second-order valence-corrected chi connectivity index (χ2v) is 3.54. The molecule has 0 spiro atoms. The first-order valence-corrected chi connectivity index (χ1v) is 4.53. The van der Waals surface area contributed by atoms with Crippen LogP contribution < -0.4 is 5.32 Å². The van der Waals surface area contributed by atoms with Gasteiger partial charge in [-0.1, -0.05) is 6.92 Å². The molecule has 1 fully saturated rings. The van der Waals surface area contributed by atoms with E-state index in [1.165, 1.54) is 18.5 Å². The van der Waals surface area contributed by atoms with Crippen molar-refractivity contribution in [1.29, 1.82) is 0 Å². The molecule has 2 unspecified atom stereocenters. The van der Waals surface area contributed by atoms with Gasteiger partial charge in [-0.3, -0.25) is 4.98 Å². The minimum atomic E-state index is 0.687. The van der Waals surface area contributed by atoms with Crippen molar-refractivity contribution in [2.24, 2.45) is 5.92 Å². The Kier molecular flexibility index (Phi) is 1.98. The molecule has 1 aromatic rings. The monoisotopic (exact) mass is 162 g/mol. The summed E-state index contributed by atoms with van der Waals surface area (Å²) >= 11 is 0. The molecular formula is C10H14N2. The molecule has 0 saturated heterocycles. The Labute approximate surface area is 73.0 Å². The van der Waals surface area contributed by atoms with Crippen LogP contribution in [0.4, 0.5) is 5.69 Å². The van der Waals surface area contributed by atoms with E-state index >= 15 is 0 Å². The Hall–Kier alpha value is -1.05. The van der Waals surface area contributed by atoms with Gasteiger partial charge >= 0.3 is 0 Å². The highest BCUT2D eigenvalue weighted by Gasteiger charge is 2.25. The van der Waals surface area contributed by atoms with Crippen molar-refractivity contribution < 1.29 is 0 Å². The van der Waals surface area contributed by atoms with E-state index in [0.29, 0.717) is 6.04 Å². The van der Waals surface area contributed by atoms with E-state index in [0.717, 1.165) is 5.92 Å². The number of hydrogen-bond donors (Lipinski definition) is 1. The predicted octanol–water partition coefficient (Wildman–Crippen LogP) is 2.29. The third-order valence-corrected chi connectivity index (χ3v) is 2.65. The van der Waals surface area contributed by atoms with Crippen LogP contribution in [0.3, 0.4) is 0 Å². The second kappa shape index (κ2) is 3.13. The lowest BCUT2D eigenvalue weighted by Gasteiger charge is -2.35. The maximum atomic E-state index is 3.98. The Morgan fingerprint density at radius 3 is 2.58 bits per heavy atom. The van der Waals surface area contributed by atoms with Gasteiger partial charge < -0.3 is 5.32 Å². The zero-order valence-electron chi connectivity index (χ0n) is 7.33. The molecular weight excluding hydrogens is 148 g/mol. The predicted molar refractivity (Wildman–Crippen MR) is 50.0 cm³/mol. The highest BCUT2D eigenvalue weighted by Crippen LogP contribution is 2.29. The van der Waals surface area contributed by atoms with E-state index in [1.54, 1.807) is 0 Å². The van der Waals surface area contributed by atoms with Crippen molar-refractivity contribution in [3.63, 3.8) is 0 Å². The molecule has 1 aliphatic rings. The first-order chi connectivity index (χ1) is 5.86. The van der Waals surface area contributed by atoms with Gasteiger partial charge in [0.25, 0.3) is 0 Å². The van der Waals surface area contributed by atoms with Crippen molar-refractivity contribution in [2.75, 3.05) is 5.32 Å². The van der Waals surface area contributed by atoms with Crippen LogP contribution in [0.5, 0.6) is 0 Å². The van der Waals surface area contributed by atoms with Gasteiger partial charge in [-0.15, -0.1) is 0 Å². The van der Waals surface area contributed by atoms with Crippen molar-refractivity contribution in [3.05, 3.63) is 24.5 Å². The van der Waals surface area contributed by atoms with Crippen LogP contribution in [-0.4, -0.2) is 11.0 Å². The molecule has 1 aromatic heterocycles. The average molecular weight is 162 g/mol. The summed E-state index contributed by atoms with van der Waals surface area (Å²) < 4.78 is 0. The van der Waals surface area contributed by atoms with Gasteiger partial charge in [0.15, 0.2) is 0 Å². The van der Waals surface area contributed by atoms with Crippen LogP contribution in [0, 0.1) is 5.92 Å². The van der Waals surface area contributed by atoms with Crippen LogP contribution in [0.15, 0.2) is 24.5 Å². The normalized spacial score (nSPS) is 27.8. The van der Waals surface area contributed by atoms with Crippen LogP contribution in [-0.2, 0) is 0 Å². The summed E-state index contributed by atoms with van der Waals surface area (Å²) in [5.41, 5.74) is 1.20. The summed E-state index contributed by atoms with van der Waals surface area (Å²) in [6, 6.07) is 4.73. The molecule has 0 bridgehead atoms. The minimum absolute atomic E-state index is 0.687. The highest BCUT2D eigenvalue weighted by molar-refractivity contribution is 5.42. The molecule has 0 aliphatic heterocycles. The molecule has 0 amide bonds. The summed E-state index contributed by atoms with van der Waals surface area (Å²) in [6.45, 7) is 2.29. The highest BCUT2D eigenvalue weighted by atomic mass is 14.9. The fraction of sp³-hybridized carbons (Fsp3) is 0.500. The van der Waals surface area contributed by atoms with E-state index < -0.39 is 0 Å². The van der Waals surface area contributed by atoms with E-state index in [2.05, 4.69) is 17.2 Å². The molecule has 12 heavy (non-hydrogen) atoms. The van der Waals surface area contributed by atoms with Gasteiger partial charge in [-0.05, 0) is 30.9 Å². The summed E-state index contributed by atoms with van der Waals surface area (Å²) in [7, 11) is 0. The number of pyridine rings is 1. The van der Waals surface area contributed by atoms with Gasteiger partial charge in [-0.2, -0.15) is 0 Å². The van der Waals surface area contributed by atoms with Gasteiger partial charge in [0.2, 0.25) is 0 Å². The van der Waals surface area contributed by atoms with Gasteiger partial charge in [0.05, 0.1) is 0 Å². The number of nitrogens with one attached hydrogen (secondary N) is 1. The molecule has 2 nitrogen and oxygen atoms in total. The smallest absolute Gasteiger partial charge is 0.0373 e. The van der Waals surface area contributed by atoms with E-state index in [4.69, 9.17) is 0 Å². The number of hydrogen-bond acceptors (Lipinski definition) is 2. The zero-order valence-corrected chi connectivity index (χ0v) is 7.33. The molecule has 0 aromatic carbocycles. The molecule has 1 heterocycles. The van der Waals surface area contributed by atoms with Crippen LogP contribution >= 0.6 is 0 Å². The zero-order chi connectivity index (χ0) is 8.39. The molecule has 1 aliphatic carbocycles. The molecule has 2 heteroatoms. The first-order valence-electron chi connectivity index (χ1n) is 4.53. The maximum absolute atomic E-state index is 3.98. The fourth-order valence-corrected chi connectivity index (χ4v) is 1.54. The Morgan fingerprint density at radius 2 is 2.08 bits per heavy atom. The summed E-state index contributed by atoms with van der Waals surface area (Å²) in [5.74, 6) is 0.832.